The third-order valence-electron chi connectivity index (χ3n) is 6.30. The first kappa shape index (κ1) is 19.8. The minimum Gasteiger partial charge on any atom is -0.494 e. The summed E-state index contributed by atoms with van der Waals surface area (Å²) in [5.74, 6) is 2.40. The molecule has 0 bridgehead atoms. The summed E-state index contributed by atoms with van der Waals surface area (Å²) >= 11 is 3.73. The van der Waals surface area contributed by atoms with Crippen LogP contribution in [-0.4, -0.2) is 44.7 Å². The quantitative estimate of drug-likeness (QED) is 0.600. The van der Waals surface area contributed by atoms with Crippen LogP contribution in [0.15, 0.2) is 46.9 Å². The van der Waals surface area contributed by atoms with Crippen molar-refractivity contribution in [1.82, 2.24) is 4.90 Å². The lowest BCUT2D eigenvalue weighted by Crippen LogP contribution is -2.37. The van der Waals surface area contributed by atoms with Crippen LogP contribution < -0.4 is 9.64 Å². The summed E-state index contributed by atoms with van der Waals surface area (Å²) in [4.78, 5) is 5.10. The van der Waals surface area contributed by atoms with Gasteiger partial charge >= 0.3 is 0 Å². The first-order chi connectivity index (χ1) is 13.6. The highest BCUT2D eigenvalue weighted by Crippen LogP contribution is 2.36. The Morgan fingerprint density at radius 3 is 2.68 bits per heavy atom. The number of hydrogen-bond acceptors (Lipinski definition) is 3. The van der Waals surface area contributed by atoms with Crippen LogP contribution in [0.1, 0.15) is 36.8 Å². The molecule has 1 unspecified atom stereocenters. The molecular weight excluding hydrogens is 412 g/mol. The number of anilines is 1. The molecule has 1 atom stereocenters. The zero-order valence-corrected chi connectivity index (χ0v) is 18.6. The zero-order valence-electron chi connectivity index (χ0n) is 17.0. The van der Waals surface area contributed by atoms with E-state index in [1.54, 1.807) is 0 Å². The fraction of sp³-hybridized carbons (Fsp3) is 0.500. The van der Waals surface area contributed by atoms with Gasteiger partial charge in [-0.2, -0.15) is 0 Å². The molecule has 0 saturated carbocycles. The Labute approximate surface area is 177 Å². The molecule has 2 aromatic rings. The van der Waals surface area contributed by atoms with Gasteiger partial charge in [0.25, 0.3) is 0 Å². The Morgan fingerprint density at radius 2 is 1.89 bits per heavy atom. The summed E-state index contributed by atoms with van der Waals surface area (Å²) < 4.78 is 6.90. The van der Waals surface area contributed by atoms with Crippen LogP contribution in [0, 0.1) is 5.92 Å². The summed E-state index contributed by atoms with van der Waals surface area (Å²) in [6.45, 7) is 7.54. The molecule has 0 amide bonds. The zero-order chi connectivity index (χ0) is 19.5. The smallest absolute Gasteiger partial charge is 0.119 e. The highest BCUT2D eigenvalue weighted by Gasteiger charge is 2.29. The van der Waals surface area contributed by atoms with Crippen LogP contribution in [-0.2, 0) is 6.42 Å². The van der Waals surface area contributed by atoms with Gasteiger partial charge in [-0.25, -0.2) is 0 Å². The van der Waals surface area contributed by atoms with Gasteiger partial charge in [0.1, 0.15) is 5.75 Å². The molecule has 0 aliphatic carbocycles. The normalized spacial score (nSPS) is 20.4. The molecule has 0 aromatic heterocycles. The lowest BCUT2D eigenvalue weighted by atomic mass is 9.89. The van der Waals surface area contributed by atoms with Gasteiger partial charge < -0.3 is 14.5 Å². The number of para-hydroxylation sites is 1. The maximum absolute atomic E-state index is 5.69. The Kier molecular flexibility index (Phi) is 6.27. The van der Waals surface area contributed by atoms with E-state index < -0.39 is 0 Å². The number of benzene rings is 2. The maximum atomic E-state index is 5.69. The van der Waals surface area contributed by atoms with Crippen molar-refractivity contribution in [3.8, 4) is 5.75 Å². The lowest BCUT2D eigenvalue weighted by Gasteiger charge is -2.34. The third-order valence-corrected chi connectivity index (χ3v) is 7.08. The average Bonchev–Trinajstić information content (AvgIpc) is 3.02. The van der Waals surface area contributed by atoms with Crippen molar-refractivity contribution in [2.24, 2.45) is 5.92 Å². The van der Waals surface area contributed by atoms with E-state index in [9.17, 15) is 0 Å². The number of rotatable bonds is 6. The fourth-order valence-electron chi connectivity index (χ4n) is 4.82. The molecule has 28 heavy (non-hydrogen) atoms. The Morgan fingerprint density at radius 1 is 1.11 bits per heavy atom. The second kappa shape index (κ2) is 8.87. The van der Waals surface area contributed by atoms with Crippen LogP contribution >= 0.6 is 15.9 Å². The first-order valence-electron chi connectivity index (χ1n) is 10.6. The molecule has 4 heteroatoms. The minimum absolute atomic E-state index is 0.648. The van der Waals surface area contributed by atoms with Crippen molar-refractivity contribution in [3.05, 3.63) is 58.1 Å². The van der Waals surface area contributed by atoms with Gasteiger partial charge in [-0.1, -0.05) is 34.1 Å². The fourth-order valence-corrected chi connectivity index (χ4v) is 5.23. The first-order valence-corrected chi connectivity index (χ1v) is 11.4. The summed E-state index contributed by atoms with van der Waals surface area (Å²) in [6, 6.07) is 15.3. The Bertz CT molecular complexity index is 801. The number of fused-ring (bicyclic) bond motifs is 1. The van der Waals surface area contributed by atoms with Crippen molar-refractivity contribution in [2.75, 3.05) is 44.7 Å². The number of hydrogen-bond donors (Lipinski definition) is 0. The number of likely N-dealkylation sites (tertiary alicyclic amines) is 1. The number of piperidine rings is 1. The van der Waals surface area contributed by atoms with Crippen molar-refractivity contribution in [2.45, 2.75) is 32.1 Å². The maximum Gasteiger partial charge on any atom is 0.119 e. The predicted octanol–water partition coefficient (Wildman–Crippen LogP) is 5.34. The van der Waals surface area contributed by atoms with Gasteiger partial charge in [-0.15, -0.1) is 0 Å². The van der Waals surface area contributed by atoms with Crippen LogP contribution in [0.4, 0.5) is 5.69 Å². The highest BCUT2D eigenvalue weighted by atomic mass is 79.9. The summed E-state index contributed by atoms with van der Waals surface area (Å²) in [6.07, 6.45) is 3.72. The molecule has 0 radical (unpaired) electrons. The molecule has 2 aliphatic heterocycles. The van der Waals surface area contributed by atoms with Crippen LogP contribution in [0.5, 0.6) is 5.75 Å². The molecule has 2 aromatic carbocycles. The molecule has 1 saturated heterocycles. The van der Waals surface area contributed by atoms with E-state index in [-0.39, 0.29) is 0 Å². The molecule has 0 N–H and O–H groups in total. The van der Waals surface area contributed by atoms with E-state index in [0.29, 0.717) is 5.92 Å². The van der Waals surface area contributed by atoms with Gasteiger partial charge in [-0.05, 0) is 80.6 Å². The predicted molar refractivity (Wildman–Crippen MR) is 121 cm³/mol. The molecule has 150 valence electrons. The van der Waals surface area contributed by atoms with Gasteiger partial charge in [0, 0.05) is 36.2 Å². The number of halogens is 1. The van der Waals surface area contributed by atoms with Crippen molar-refractivity contribution in [3.63, 3.8) is 0 Å². The average molecular weight is 443 g/mol. The molecule has 1 fully saturated rings. The molecular formula is C24H31BrN2O. The van der Waals surface area contributed by atoms with E-state index in [4.69, 9.17) is 4.74 Å². The van der Waals surface area contributed by atoms with E-state index in [1.165, 1.54) is 53.8 Å². The van der Waals surface area contributed by atoms with Gasteiger partial charge in [0.2, 0.25) is 0 Å². The lowest BCUT2D eigenvalue weighted by molar-refractivity contribution is 0.176. The van der Waals surface area contributed by atoms with Gasteiger partial charge in [-0.3, -0.25) is 0 Å². The molecule has 4 rings (SSSR count). The summed E-state index contributed by atoms with van der Waals surface area (Å²) in [5, 5.41) is 0. The second-order valence-corrected chi connectivity index (χ2v) is 9.12. The molecule has 0 spiro atoms. The second-order valence-electron chi connectivity index (χ2n) is 8.27. The molecule has 2 heterocycles. The van der Waals surface area contributed by atoms with E-state index in [2.05, 4.69) is 75.2 Å². The largest absolute Gasteiger partial charge is 0.494 e. The van der Waals surface area contributed by atoms with E-state index in [1.807, 2.05) is 6.92 Å². The van der Waals surface area contributed by atoms with Crippen molar-refractivity contribution < 1.29 is 4.74 Å². The standard InChI is InChI=1S/C24H31BrN2O/c1-3-28-21-8-9-23(25)19(15-21)14-18-10-12-27(13-11-18)17-20-16-26(2)24-7-5-4-6-22(20)24/h4-9,15,18,20H,3,10-14,16-17H2,1-2H3. The van der Waals surface area contributed by atoms with E-state index in [0.717, 1.165) is 31.2 Å². The highest BCUT2D eigenvalue weighted by molar-refractivity contribution is 9.10. The minimum atomic E-state index is 0.648. The van der Waals surface area contributed by atoms with E-state index >= 15 is 0 Å². The summed E-state index contributed by atoms with van der Waals surface area (Å²) in [7, 11) is 2.22. The monoisotopic (exact) mass is 442 g/mol. The van der Waals surface area contributed by atoms with Crippen LogP contribution in [0.3, 0.4) is 0 Å². The Hall–Kier alpha value is -1.52. The number of ether oxygens (including phenoxy) is 1. The topological polar surface area (TPSA) is 15.7 Å². The molecule has 2 aliphatic rings. The summed E-state index contributed by atoms with van der Waals surface area (Å²) in [5.41, 5.74) is 4.33. The Balaban J connectivity index is 1.32. The number of likely N-dealkylation sites (N-methyl/N-ethyl adjacent to an activating group) is 1. The van der Waals surface area contributed by atoms with Crippen LogP contribution in [0.2, 0.25) is 0 Å². The van der Waals surface area contributed by atoms with Gasteiger partial charge in [0.05, 0.1) is 6.61 Å². The van der Waals surface area contributed by atoms with Crippen LogP contribution in [0.25, 0.3) is 0 Å². The third kappa shape index (κ3) is 4.38. The number of nitrogens with zero attached hydrogens (tertiary/aromatic N) is 2. The van der Waals surface area contributed by atoms with Crippen molar-refractivity contribution >= 4 is 21.6 Å². The van der Waals surface area contributed by atoms with Crippen molar-refractivity contribution in [1.29, 1.82) is 0 Å². The molecule has 3 nitrogen and oxygen atoms in total. The van der Waals surface area contributed by atoms with Gasteiger partial charge in [0.15, 0.2) is 0 Å². The SMILES string of the molecule is CCOc1ccc(Br)c(CC2CCN(CC3CN(C)c4ccccc43)CC2)c1.